The van der Waals surface area contributed by atoms with Crippen molar-refractivity contribution < 1.29 is 14.3 Å². The van der Waals surface area contributed by atoms with E-state index in [1.54, 1.807) is 31.4 Å². The van der Waals surface area contributed by atoms with E-state index >= 15 is 0 Å². The summed E-state index contributed by atoms with van der Waals surface area (Å²) in [7, 11) is 1.61. The molecule has 6 heteroatoms. The smallest absolute Gasteiger partial charge is 0.239 e. The monoisotopic (exact) mass is 375 g/mol. The molecule has 1 N–H and O–H groups in total. The number of rotatable bonds is 7. The van der Waals surface area contributed by atoms with Crippen molar-refractivity contribution in [1.29, 1.82) is 0 Å². The Labute approximate surface area is 162 Å². The van der Waals surface area contributed by atoms with Gasteiger partial charge in [0, 0.05) is 18.8 Å². The third-order valence-corrected chi connectivity index (χ3v) is 5.21. The summed E-state index contributed by atoms with van der Waals surface area (Å²) in [5, 5.41) is 2.88. The normalized spacial score (nSPS) is 21.0. The van der Waals surface area contributed by atoms with Gasteiger partial charge >= 0.3 is 0 Å². The second-order valence-corrected chi connectivity index (χ2v) is 7.71. The van der Waals surface area contributed by atoms with Gasteiger partial charge in [0.05, 0.1) is 19.7 Å². The standard InChI is InChI=1S/C21H33N3O3/c1-6-23(14-20(25)22-18-7-9-19(27-5)10-8-18)17(4)21(26)24-12-15(2)11-16(3)13-24/h7-10,15-17H,6,11-14H2,1-5H3,(H,22,25)/t15-,16+,17-/m0/s1. The van der Waals surface area contributed by atoms with Crippen LogP contribution in [0.3, 0.4) is 0 Å². The van der Waals surface area contributed by atoms with E-state index in [1.807, 2.05) is 23.6 Å². The van der Waals surface area contributed by atoms with E-state index in [-0.39, 0.29) is 24.4 Å². The van der Waals surface area contributed by atoms with E-state index in [4.69, 9.17) is 4.74 Å². The highest BCUT2D eigenvalue weighted by molar-refractivity contribution is 5.93. The van der Waals surface area contributed by atoms with Crippen molar-refractivity contribution in [3.63, 3.8) is 0 Å². The molecule has 1 saturated heterocycles. The number of methoxy groups -OCH3 is 1. The molecule has 1 aromatic carbocycles. The molecular weight excluding hydrogens is 342 g/mol. The third kappa shape index (κ3) is 5.96. The van der Waals surface area contributed by atoms with Crippen LogP contribution in [-0.4, -0.2) is 60.9 Å². The SMILES string of the molecule is CCN(CC(=O)Nc1ccc(OC)cc1)[C@@H](C)C(=O)N1C[C@H](C)C[C@H](C)C1. The van der Waals surface area contributed by atoms with E-state index < -0.39 is 0 Å². The van der Waals surface area contributed by atoms with Crippen LogP contribution >= 0.6 is 0 Å². The lowest BCUT2D eigenvalue weighted by Gasteiger charge is -2.38. The summed E-state index contributed by atoms with van der Waals surface area (Å²) in [5.41, 5.74) is 0.717. The summed E-state index contributed by atoms with van der Waals surface area (Å²) in [6.07, 6.45) is 1.17. The molecule has 0 bridgehead atoms. The van der Waals surface area contributed by atoms with Gasteiger partial charge < -0.3 is 15.0 Å². The van der Waals surface area contributed by atoms with E-state index in [1.165, 1.54) is 6.42 Å². The number of hydrogen-bond donors (Lipinski definition) is 1. The van der Waals surface area contributed by atoms with Crippen LogP contribution in [-0.2, 0) is 9.59 Å². The van der Waals surface area contributed by atoms with Crippen LogP contribution in [0, 0.1) is 11.8 Å². The molecule has 2 rings (SSSR count). The van der Waals surface area contributed by atoms with E-state index in [9.17, 15) is 9.59 Å². The molecule has 0 radical (unpaired) electrons. The molecule has 150 valence electrons. The van der Waals surface area contributed by atoms with Crippen molar-refractivity contribution in [3.8, 4) is 5.75 Å². The maximum Gasteiger partial charge on any atom is 0.239 e. The number of carbonyl (C=O) groups is 2. The second kappa shape index (κ2) is 9.74. The highest BCUT2D eigenvalue weighted by Gasteiger charge is 2.31. The Morgan fingerprint density at radius 3 is 2.33 bits per heavy atom. The Morgan fingerprint density at radius 1 is 1.22 bits per heavy atom. The Bertz CT molecular complexity index is 622. The van der Waals surface area contributed by atoms with Gasteiger partial charge in [0.2, 0.25) is 11.8 Å². The number of nitrogens with one attached hydrogen (secondary N) is 1. The predicted molar refractivity (Wildman–Crippen MR) is 108 cm³/mol. The molecule has 0 saturated carbocycles. The van der Waals surface area contributed by atoms with Crippen molar-refractivity contribution in [2.75, 3.05) is 38.6 Å². The fourth-order valence-corrected chi connectivity index (χ4v) is 3.85. The van der Waals surface area contributed by atoms with Gasteiger partial charge in [-0.2, -0.15) is 0 Å². The van der Waals surface area contributed by atoms with Gasteiger partial charge in [-0.25, -0.2) is 0 Å². The second-order valence-electron chi connectivity index (χ2n) is 7.71. The number of carbonyl (C=O) groups excluding carboxylic acids is 2. The van der Waals surface area contributed by atoms with Crippen LogP contribution < -0.4 is 10.1 Å². The molecular formula is C21H33N3O3. The topological polar surface area (TPSA) is 61.9 Å². The van der Waals surface area contributed by atoms with E-state index in [0.29, 0.717) is 18.4 Å². The molecule has 27 heavy (non-hydrogen) atoms. The molecule has 1 aliphatic rings. The minimum absolute atomic E-state index is 0.118. The van der Waals surface area contributed by atoms with E-state index in [0.717, 1.165) is 24.5 Å². The number of nitrogens with zero attached hydrogens (tertiary/aromatic N) is 2. The van der Waals surface area contributed by atoms with Crippen molar-refractivity contribution in [3.05, 3.63) is 24.3 Å². The van der Waals surface area contributed by atoms with Crippen molar-refractivity contribution >= 4 is 17.5 Å². The number of amides is 2. The molecule has 6 nitrogen and oxygen atoms in total. The molecule has 1 heterocycles. The first-order valence-corrected chi connectivity index (χ1v) is 9.80. The minimum atomic E-state index is -0.311. The number of hydrogen-bond acceptors (Lipinski definition) is 4. The Kier molecular flexibility index (Phi) is 7.66. The van der Waals surface area contributed by atoms with Crippen molar-refractivity contribution in [2.45, 2.75) is 40.2 Å². The quantitative estimate of drug-likeness (QED) is 0.796. The molecule has 0 aromatic heterocycles. The van der Waals surface area contributed by atoms with Crippen LogP contribution in [0.15, 0.2) is 24.3 Å². The lowest BCUT2D eigenvalue weighted by atomic mass is 9.91. The molecule has 0 aliphatic carbocycles. The summed E-state index contributed by atoms with van der Waals surface area (Å²) in [6, 6.07) is 6.90. The summed E-state index contributed by atoms with van der Waals surface area (Å²) >= 11 is 0. The van der Waals surface area contributed by atoms with Gasteiger partial charge in [-0.05, 0) is 56.0 Å². The average Bonchev–Trinajstić information content (AvgIpc) is 2.64. The Hall–Kier alpha value is -2.08. The highest BCUT2D eigenvalue weighted by atomic mass is 16.5. The van der Waals surface area contributed by atoms with Gasteiger partial charge in [0.15, 0.2) is 0 Å². The zero-order valence-electron chi connectivity index (χ0n) is 17.2. The first-order valence-electron chi connectivity index (χ1n) is 9.80. The number of anilines is 1. The maximum atomic E-state index is 12.9. The number of likely N-dealkylation sites (tertiary alicyclic amines) is 1. The van der Waals surface area contributed by atoms with Gasteiger partial charge in [-0.3, -0.25) is 14.5 Å². The van der Waals surface area contributed by atoms with Gasteiger partial charge in [0.1, 0.15) is 5.75 Å². The molecule has 2 amide bonds. The summed E-state index contributed by atoms with van der Waals surface area (Å²) in [6.45, 7) is 10.7. The average molecular weight is 376 g/mol. The van der Waals surface area contributed by atoms with Crippen LogP contribution in [0.5, 0.6) is 5.75 Å². The fraction of sp³-hybridized carbons (Fsp3) is 0.619. The maximum absolute atomic E-state index is 12.9. The fourth-order valence-electron chi connectivity index (χ4n) is 3.85. The van der Waals surface area contributed by atoms with Crippen LogP contribution in [0.25, 0.3) is 0 Å². The van der Waals surface area contributed by atoms with Crippen LogP contribution in [0.1, 0.15) is 34.1 Å². The number of benzene rings is 1. The Morgan fingerprint density at radius 2 is 1.81 bits per heavy atom. The number of likely N-dealkylation sites (N-methyl/N-ethyl adjacent to an activating group) is 1. The predicted octanol–water partition coefficient (Wildman–Crippen LogP) is 2.85. The largest absolute Gasteiger partial charge is 0.497 e. The van der Waals surface area contributed by atoms with Gasteiger partial charge in [-0.15, -0.1) is 0 Å². The molecule has 3 atom stereocenters. The molecule has 1 aromatic rings. The molecule has 1 aliphatic heterocycles. The minimum Gasteiger partial charge on any atom is -0.497 e. The molecule has 0 spiro atoms. The summed E-state index contributed by atoms with van der Waals surface area (Å²) in [4.78, 5) is 29.3. The lowest BCUT2D eigenvalue weighted by molar-refractivity contribution is -0.139. The van der Waals surface area contributed by atoms with Crippen LogP contribution in [0.2, 0.25) is 0 Å². The Balaban J connectivity index is 1.93. The van der Waals surface area contributed by atoms with Crippen LogP contribution in [0.4, 0.5) is 5.69 Å². The molecule has 0 unspecified atom stereocenters. The van der Waals surface area contributed by atoms with Gasteiger partial charge in [0.25, 0.3) is 0 Å². The van der Waals surface area contributed by atoms with Crippen molar-refractivity contribution in [2.24, 2.45) is 11.8 Å². The first-order chi connectivity index (χ1) is 12.8. The van der Waals surface area contributed by atoms with E-state index in [2.05, 4.69) is 19.2 Å². The first kappa shape index (κ1) is 21.2. The summed E-state index contributed by atoms with van der Waals surface area (Å²) in [5.74, 6) is 1.79. The van der Waals surface area contributed by atoms with Crippen molar-refractivity contribution in [1.82, 2.24) is 9.80 Å². The summed E-state index contributed by atoms with van der Waals surface area (Å²) < 4.78 is 5.12. The highest BCUT2D eigenvalue weighted by Crippen LogP contribution is 2.22. The zero-order valence-corrected chi connectivity index (χ0v) is 17.2. The lowest BCUT2D eigenvalue weighted by Crippen LogP contribution is -2.52. The number of ether oxygens (including phenoxy) is 1. The van der Waals surface area contributed by atoms with Gasteiger partial charge in [-0.1, -0.05) is 20.8 Å². The molecule has 1 fully saturated rings. The number of piperidine rings is 1. The third-order valence-electron chi connectivity index (χ3n) is 5.21. The zero-order chi connectivity index (χ0) is 20.0.